The Bertz CT molecular complexity index is 974. The first-order valence-electron chi connectivity index (χ1n) is 12.0. The summed E-state index contributed by atoms with van der Waals surface area (Å²) < 4.78 is 5.58. The molecule has 1 aliphatic carbocycles. The van der Waals surface area contributed by atoms with Gasteiger partial charge in [0.25, 0.3) is 0 Å². The summed E-state index contributed by atoms with van der Waals surface area (Å²) in [6.45, 7) is 5.78. The van der Waals surface area contributed by atoms with Gasteiger partial charge in [0.1, 0.15) is 12.6 Å². The molecule has 0 heterocycles. The highest BCUT2D eigenvalue weighted by Gasteiger charge is 2.30. The maximum absolute atomic E-state index is 12.7. The number of rotatable bonds is 11. The zero-order valence-corrected chi connectivity index (χ0v) is 20.0. The van der Waals surface area contributed by atoms with Crippen LogP contribution in [0.4, 0.5) is 4.79 Å². The molecule has 2 atom stereocenters. The lowest BCUT2D eigenvalue weighted by atomic mass is 9.96. The molecule has 0 radical (unpaired) electrons. The third-order valence-corrected chi connectivity index (χ3v) is 6.42. The topological polar surface area (TPSA) is 105 Å². The number of carbonyl (C=O) groups excluding carboxylic acids is 2. The average Bonchev–Trinajstić information content (AvgIpc) is 3.13. The van der Waals surface area contributed by atoms with Gasteiger partial charge >= 0.3 is 12.1 Å². The van der Waals surface area contributed by atoms with E-state index in [2.05, 4.69) is 22.8 Å². The smallest absolute Gasteiger partial charge is 0.407 e. The maximum Gasteiger partial charge on any atom is 0.407 e. The molecule has 3 rings (SSSR count). The molecule has 0 bridgehead atoms. The minimum atomic E-state index is -0.954. The number of unbranched alkanes of at least 4 members (excludes halogenated alkanes) is 1. The Morgan fingerprint density at radius 1 is 1.00 bits per heavy atom. The maximum atomic E-state index is 12.7. The van der Waals surface area contributed by atoms with E-state index in [0.717, 1.165) is 35.1 Å². The summed E-state index contributed by atoms with van der Waals surface area (Å²) in [7, 11) is 0. The molecule has 1 unspecified atom stereocenters. The first-order valence-corrected chi connectivity index (χ1v) is 12.0. The number of carbonyl (C=O) groups is 3. The molecule has 0 saturated heterocycles. The number of aliphatic carboxylic acids is 1. The number of benzene rings is 2. The Kier molecular flexibility index (Phi) is 8.68. The molecule has 7 heteroatoms. The van der Waals surface area contributed by atoms with Gasteiger partial charge in [-0.05, 0) is 34.6 Å². The Hall–Kier alpha value is -3.35. The first-order chi connectivity index (χ1) is 16.3. The lowest BCUT2D eigenvalue weighted by Gasteiger charge is -2.22. The van der Waals surface area contributed by atoms with Crippen molar-refractivity contribution >= 4 is 18.0 Å². The third-order valence-electron chi connectivity index (χ3n) is 6.42. The van der Waals surface area contributed by atoms with Crippen LogP contribution in [-0.4, -0.2) is 42.3 Å². The van der Waals surface area contributed by atoms with Gasteiger partial charge in [-0.1, -0.05) is 82.1 Å². The van der Waals surface area contributed by atoms with Crippen LogP contribution in [0.1, 0.15) is 57.1 Å². The van der Waals surface area contributed by atoms with E-state index in [1.165, 1.54) is 0 Å². The zero-order chi connectivity index (χ0) is 24.7. The van der Waals surface area contributed by atoms with E-state index in [-0.39, 0.29) is 25.0 Å². The second kappa shape index (κ2) is 11.7. The predicted molar refractivity (Wildman–Crippen MR) is 130 cm³/mol. The van der Waals surface area contributed by atoms with E-state index in [0.29, 0.717) is 6.42 Å². The highest BCUT2D eigenvalue weighted by Crippen LogP contribution is 2.44. The number of carboxylic acids is 1. The van der Waals surface area contributed by atoms with Gasteiger partial charge in [0.2, 0.25) is 5.91 Å². The van der Waals surface area contributed by atoms with Crippen LogP contribution in [0.2, 0.25) is 0 Å². The number of hydrogen-bond donors (Lipinski definition) is 3. The Labute approximate surface area is 200 Å². The van der Waals surface area contributed by atoms with Crippen LogP contribution in [0.25, 0.3) is 11.1 Å². The molecule has 2 aromatic carbocycles. The largest absolute Gasteiger partial charge is 0.481 e. The van der Waals surface area contributed by atoms with E-state index in [4.69, 9.17) is 4.74 Å². The highest BCUT2D eigenvalue weighted by atomic mass is 16.5. The van der Waals surface area contributed by atoms with E-state index >= 15 is 0 Å². The predicted octanol–water partition coefficient (Wildman–Crippen LogP) is 4.56. The number of nitrogens with one attached hydrogen (secondary N) is 2. The van der Waals surface area contributed by atoms with Gasteiger partial charge in [-0.15, -0.1) is 0 Å². The van der Waals surface area contributed by atoms with Gasteiger partial charge in [0.15, 0.2) is 0 Å². The van der Waals surface area contributed by atoms with E-state index in [1.807, 2.05) is 43.3 Å². The van der Waals surface area contributed by atoms with Gasteiger partial charge < -0.3 is 20.5 Å². The van der Waals surface area contributed by atoms with Crippen molar-refractivity contribution in [2.45, 2.75) is 52.0 Å². The van der Waals surface area contributed by atoms with Crippen molar-refractivity contribution in [3.63, 3.8) is 0 Å². The normalized spacial score (nSPS) is 14.1. The van der Waals surface area contributed by atoms with Gasteiger partial charge in [-0.2, -0.15) is 0 Å². The van der Waals surface area contributed by atoms with Crippen LogP contribution in [-0.2, 0) is 14.3 Å². The summed E-state index contributed by atoms with van der Waals surface area (Å²) in [5.74, 6) is -2.23. The van der Waals surface area contributed by atoms with E-state index < -0.39 is 29.9 Å². The monoisotopic (exact) mass is 466 g/mol. The van der Waals surface area contributed by atoms with Crippen LogP contribution in [0.3, 0.4) is 0 Å². The molecule has 0 spiro atoms. The number of hydrogen-bond acceptors (Lipinski definition) is 4. The lowest BCUT2D eigenvalue weighted by Crippen LogP contribution is -2.49. The molecule has 34 heavy (non-hydrogen) atoms. The minimum Gasteiger partial charge on any atom is -0.481 e. The van der Waals surface area contributed by atoms with Crippen LogP contribution in [0.5, 0.6) is 0 Å². The molecular weight excluding hydrogens is 432 g/mol. The van der Waals surface area contributed by atoms with Crippen molar-refractivity contribution in [2.24, 2.45) is 11.8 Å². The molecule has 3 N–H and O–H groups in total. The van der Waals surface area contributed by atoms with Crippen LogP contribution < -0.4 is 10.6 Å². The summed E-state index contributed by atoms with van der Waals surface area (Å²) >= 11 is 0. The first kappa shape index (κ1) is 25.3. The average molecular weight is 467 g/mol. The molecule has 1 aliphatic rings. The minimum absolute atomic E-state index is 0.0147. The summed E-state index contributed by atoms with van der Waals surface area (Å²) in [5.41, 5.74) is 4.52. The molecule has 182 valence electrons. The number of amides is 2. The Morgan fingerprint density at radius 2 is 1.59 bits per heavy atom. The Balaban J connectivity index is 1.62. The second-order valence-corrected chi connectivity index (χ2v) is 9.10. The highest BCUT2D eigenvalue weighted by molar-refractivity contribution is 5.86. The molecular formula is C27H34N2O5. The Morgan fingerprint density at radius 3 is 2.12 bits per heavy atom. The summed E-state index contributed by atoms with van der Waals surface area (Å²) in [4.78, 5) is 36.8. The standard InChI is InChI=1S/C27H34N2O5/c1-4-5-14-24(25(30)28-15-22(17(2)3)26(31)32)29-27(33)34-16-23-20-12-8-6-10-18(20)19-11-7-9-13-21(19)23/h6-13,17,22-24H,4-5,14-16H2,1-3H3,(H,28,30)(H,29,33)(H,31,32)/t22?,24-/m0/s1. The van der Waals surface area contributed by atoms with Crippen molar-refractivity contribution in [3.05, 3.63) is 59.7 Å². The van der Waals surface area contributed by atoms with Crippen molar-refractivity contribution in [1.29, 1.82) is 0 Å². The second-order valence-electron chi connectivity index (χ2n) is 9.10. The van der Waals surface area contributed by atoms with Crippen LogP contribution in [0, 0.1) is 11.8 Å². The molecule has 0 aromatic heterocycles. The van der Waals surface area contributed by atoms with Crippen molar-refractivity contribution in [1.82, 2.24) is 10.6 Å². The fraction of sp³-hybridized carbons (Fsp3) is 0.444. The van der Waals surface area contributed by atoms with Crippen LogP contribution in [0.15, 0.2) is 48.5 Å². The summed E-state index contributed by atoms with van der Waals surface area (Å²) in [6.07, 6.45) is 1.40. The van der Waals surface area contributed by atoms with Gasteiger partial charge in [-0.25, -0.2) is 4.79 Å². The fourth-order valence-electron chi connectivity index (χ4n) is 4.40. The van der Waals surface area contributed by atoms with Crippen molar-refractivity contribution in [2.75, 3.05) is 13.2 Å². The molecule has 0 aliphatic heterocycles. The number of alkyl carbamates (subject to hydrolysis) is 1. The van der Waals surface area contributed by atoms with E-state index in [9.17, 15) is 19.5 Å². The zero-order valence-electron chi connectivity index (χ0n) is 20.0. The fourth-order valence-corrected chi connectivity index (χ4v) is 4.40. The third kappa shape index (κ3) is 5.95. The van der Waals surface area contributed by atoms with Crippen molar-refractivity contribution < 1.29 is 24.2 Å². The molecule has 0 saturated carbocycles. The molecule has 7 nitrogen and oxygen atoms in total. The lowest BCUT2D eigenvalue weighted by molar-refractivity contribution is -0.143. The molecule has 2 aromatic rings. The van der Waals surface area contributed by atoms with E-state index in [1.54, 1.807) is 13.8 Å². The number of fused-ring (bicyclic) bond motifs is 3. The van der Waals surface area contributed by atoms with Gasteiger partial charge in [-0.3, -0.25) is 9.59 Å². The van der Waals surface area contributed by atoms with Gasteiger partial charge in [0, 0.05) is 12.5 Å². The number of ether oxygens (including phenoxy) is 1. The van der Waals surface area contributed by atoms with Crippen molar-refractivity contribution in [3.8, 4) is 11.1 Å². The van der Waals surface area contributed by atoms with Gasteiger partial charge in [0.05, 0.1) is 5.92 Å². The summed E-state index contributed by atoms with van der Waals surface area (Å²) in [5, 5.41) is 14.7. The summed E-state index contributed by atoms with van der Waals surface area (Å²) in [6, 6.07) is 15.4. The SMILES string of the molecule is CCCC[C@H](NC(=O)OCC1c2ccccc2-c2ccccc21)C(=O)NCC(C(=O)O)C(C)C. The number of carboxylic acid groups (broad SMARTS) is 1. The molecule has 2 amide bonds. The van der Waals surface area contributed by atoms with Crippen LogP contribution >= 0.6 is 0 Å². The quantitative estimate of drug-likeness (QED) is 0.450. The molecule has 0 fully saturated rings.